The molecule has 0 fully saturated rings. The third-order valence-corrected chi connectivity index (χ3v) is 2.08. The molecule has 76 valence electrons. The molecular weight excluding hydrogens is 188 g/mol. The monoisotopic (exact) mass is 200 g/mol. The fourth-order valence-electron chi connectivity index (χ4n) is 1.28. The first kappa shape index (κ1) is 9.73. The predicted octanol–water partition coefficient (Wildman–Crippen LogP) is 1.56. The van der Waals surface area contributed by atoms with Gasteiger partial charge in [0.05, 0.1) is 17.1 Å². The molecule has 4 heteroatoms. The molecule has 15 heavy (non-hydrogen) atoms. The highest BCUT2D eigenvalue weighted by Crippen LogP contribution is 2.15. The molecule has 2 aromatic rings. The van der Waals surface area contributed by atoms with Crippen LogP contribution in [0.5, 0.6) is 0 Å². The van der Waals surface area contributed by atoms with Crippen molar-refractivity contribution >= 4 is 0 Å². The van der Waals surface area contributed by atoms with Crippen molar-refractivity contribution in [2.45, 2.75) is 13.0 Å². The molecule has 1 atom stereocenters. The summed E-state index contributed by atoms with van der Waals surface area (Å²) in [5.41, 5.74) is 8.21. The minimum atomic E-state index is -0.0875. The quantitative estimate of drug-likeness (QED) is 0.799. The molecule has 2 aromatic heterocycles. The average molecular weight is 200 g/mol. The second kappa shape index (κ2) is 4.14. The second-order valence-corrected chi connectivity index (χ2v) is 3.33. The minimum absolute atomic E-state index is 0.0875. The van der Waals surface area contributed by atoms with Gasteiger partial charge in [0.1, 0.15) is 6.33 Å². The van der Waals surface area contributed by atoms with Crippen LogP contribution in [0.25, 0.3) is 11.4 Å². The molecule has 0 saturated heterocycles. The van der Waals surface area contributed by atoms with Crippen molar-refractivity contribution < 1.29 is 0 Å². The summed E-state index contributed by atoms with van der Waals surface area (Å²) in [6, 6.07) is 7.49. The molecule has 4 nitrogen and oxygen atoms in total. The Morgan fingerprint density at radius 3 is 2.67 bits per heavy atom. The fraction of sp³-hybridized carbons (Fsp3) is 0.182. The van der Waals surface area contributed by atoms with Gasteiger partial charge < -0.3 is 5.73 Å². The van der Waals surface area contributed by atoms with Gasteiger partial charge >= 0.3 is 0 Å². The molecule has 0 aliphatic rings. The van der Waals surface area contributed by atoms with Crippen LogP contribution in [-0.4, -0.2) is 15.0 Å². The molecule has 2 rings (SSSR count). The SMILES string of the molecule is CC(N)c1cc(-c2ccccn2)ncn1. The first-order valence-electron chi connectivity index (χ1n) is 4.76. The average Bonchev–Trinajstić information content (AvgIpc) is 2.30. The van der Waals surface area contributed by atoms with Gasteiger partial charge in [-0.3, -0.25) is 4.98 Å². The van der Waals surface area contributed by atoms with Crippen LogP contribution in [0.1, 0.15) is 18.7 Å². The summed E-state index contributed by atoms with van der Waals surface area (Å²) < 4.78 is 0. The largest absolute Gasteiger partial charge is 0.323 e. The van der Waals surface area contributed by atoms with Crippen molar-refractivity contribution in [2.75, 3.05) is 0 Å². The highest BCUT2D eigenvalue weighted by atomic mass is 14.9. The van der Waals surface area contributed by atoms with Gasteiger partial charge in [0.15, 0.2) is 0 Å². The van der Waals surface area contributed by atoms with Crippen molar-refractivity contribution in [1.29, 1.82) is 0 Å². The van der Waals surface area contributed by atoms with Crippen LogP contribution in [0.2, 0.25) is 0 Å². The maximum Gasteiger partial charge on any atom is 0.116 e. The molecule has 0 amide bonds. The normalized spacial score (nSPS) is 12.4. The summed E-state index contributed by atoms with van der Waals surface area (Å²) in [6.07, 6.45) is 3.26. The molecule has 0 aliphatic heterocycles. The van der Waals surface area contributed by atoms with Gasteiger partial charge in [-0.05, 0) is 25.1 Å². The zero-order valence-corrected chi connectivity index (χ0v) is 8.46. The Labute approximate surface area is 88.2 Å². The van der Waals surface area contributed by atoms with Crippen LogP contribution in [-0.2, 0) is 0 Å². The van der Waals surface area contributed by atoms with Gasteiger partial charge in [-0.2, -0.15) is 0 Å². The zero-order valence-electron chi connectivity index (χ0n) is 8.46. The molecule has 0 radical (unpaired) electrons. The molecular formula is C11H12N4. The summed E-state index contributed by atoms with van der Waals surface area (Å²) in [4.78, 5) is 12.5. The van der Waals surface area contributed by atoms with Crippen LogP contribution >= 0.6 is 0 Å². The van der Waals surface area contributed by atoms with E-state index in [2.05, 4.69) is 15.0 Å². The van der Waals surface area contributed by atoms with Gasteiger partial charge in [0.25, 0.3) is 0 Å². The number of rotatable bonds is 2. The van der Waals surface area contributed by atoms with Crippen LogP contribution in [0.3, 0.4) is 0 Å². The van der Waals surface area contributed by atoms with E-state index in [-0.39, 0.29) is 6.04 Å². The van der Waals surface area contributed by atoms with E-state index >= 15 is 0 Å². The standard InChI is InChI=1S/C11H12N4/c1-8(12)10-6-11(15-7-14-10)9-4-2-3-5-13-9/h2-8H,12H2,1H3. The minimum Gasteiger partial charge on any atom is -0.323 e. The molecule has 1 unspecified atom stereocenters. The maximum atomic E-state index is 5.75. The van der Waals surface area contributed by atoms with E-state index in [0.29, 0.717) is 0 Å². The maximum absolute atomic E-state index is 5.75. The number of nitrogens with zero attached hydrogens (tertiary/aromatic N) is 3. The van der Waals surface area contributed by atoms with Gasteiger partial charge in [-0.25, -0.2) is 9.97 Å². The molecule has 0 aliphatic carbocycles. The lowest BCUT2D eigenvalue weighted by molar-refractivity contribution is 0.775. The highest BCUT2D eigenvalue weighted by molar-refractivity contribution is 5.53. The summed E-state index contributed by atoms with van der Waals surface area (Å²) in [6.45, 7) is 1.89. The van der Waals surface area contributed by atoms with Crippen LogP contribution in [0.4, 0.5) is 0 Å². The van der Waals surface area contributed by atoms with Gasteiger partial charge in [0, 0.05) is 12.2 Å². The Kier molecular flexibility index (Phi) is 2.69. The van der Waals surface area contributed by atoms with Crippen LogP contribution < -0.4 is 5.73 Å². The molecule has 0 aromatic carbocycles. The van der Waals surface area contributed by atoms with E-state index in [1.807, 2.05) is 31.2 Å². The lowest BCUT2D eigenvalue weighted by atomic mass is 10.2. The van der Waals surface area contributed by atoms with E-state index in [1.54, 1.807) is 6.20 Å². The Morgan fingerprint density at radius 2 is 2.00 bits per heavy atom. The Hall–Kier alpha value is -1.81. The first-order chi connectivity index (χ1) is 7.27. The predicted molar refractivity (Wildman–Crippen MR) is 57.9 cm³/mol. The van der Waals surface area contributed by atoms with E-state index in [1.165, 1.54) is 6.33 Å². The smallest absolute Gasteiger partial charge is 0.116 e. The van der Waals surface area contributed by atoms with E-state index in [4.69, 9.17) is 5.73 Å². The number of aromatic nitrogens is 3. The van der Waals surface area contributed by atoms with Crippen molar-refractivity contribution in [3.63, 3.8) is 0 Å². The third-order valence-electron chi connectivity index (χ3n) is 2.08. The number of hydrogen-bond donors (Lipinski definition) is 1. The first-order valence-corrected chi connectivity index (χ1v) is 4.76. The Balaban J connectivity index is 2.42. The zero-order chi connectivity index (χ0) is 10.7. The Bertz CT molecular complexity index is 439. The van der Waals surface area contributed by atoms with E-state index < -0.39 is 0 Å². The van der Waals surface area contributed by atoms with Crippen molar-refractivity contribution in [2.24, 2.45) is 5.73 Å². The second-order valence-electron chi connectivity index (χ2n) is 3.33. The lowest BCUT2D eigenvalue weighted by Gasteiger charge is -2.05. The summed E-state index contributed by atoms with van der Waals surface area (Å²) in [5, 5.41) is 0. The molecule has 0 bridgehead atoms. The highest BCUT2D eigenvalue weighted by Gasteiger charge is 2.05. The van der Waals surface area contributed by atoms with Crippen LogP contribution in [0.15, 0.2) is 36.8 Å². The van der Waals surface area contributed by atoms with Gasteiger partial charge in [-0.15, -0.1) is 0 Å². The van der Waals surface area contributed by atoms with E-state index in [0.717, 1.165) is 17.1 Å². The summed E-state index contributed by atoms with van der Waals surface area (Å²) in [7, 11) is 0. The fourth-order valence-corrected chi connectivity index (χ4v) is 1.28. The molecule has 2 heterocycles. The number of pyridine rings is 1. The Morgan fingerprint density at radius 1 is 1.13 bits per heavy atom. The summed E-state index contributed by atoms with van der Waals surface area (Å²) in [5.74, 6) is 0. The molecule has 2 N–H and O–H groups in total. The number of nitrogens with two attached hydrogens (primary N) is 1. The van der Waals surface area contributed by atoms with Crippen molar-refractivity contribution in [3.8, 4) is 11.4 Å². The van der Waals surface area contributed by atoms with Crippen molar-refractivity contribution in [1.82, 2.24) is 15.0 Å². The third kappa shape index (κ3) is 2.16. The van der Waals surface area contributed by atoms with Crippen LogP contribution in [0, 0.1) is 0 Å². The topological polar surface area (TPSA) is 64.7 Å². The number of hydrogen-bond acceptors (Lipinski definition) is 4. The van der Waals surface area contributed by atoms with Gasteiger partial charge in [0.2, 0.25) is 0 Å². The summed E-state index contributed by atoms with van der Waals surface area (Å²) >= 11 is 0. The van der Waals surface area contributed by atoms with Crippen molar-refractivity contribution in [3.05, 3.63) is 42.5 Å². The molecule has 0 spiro atoms. The lowest BCUT2D eigenvalue weighted by Crippen LogP contribution is -2.07. The van der Waals surface area contributed by atoms with E-state index in [9.17, 15) is 0 Å². The van der Waals surface area contributed by atoms with Gasteiger partial charge in [-0.1, -0.05) is 6.07 Å². The molecule has 0 saturated carbocycles.